The number of carbonyl (C=O) groups excluding carboxylic acids is 5. The zero-order valence-electron chi connectivity index (χ0n) is 31.1. The van der Waals surface area contributed by atoms with Crippen LogP contribution in [0.2, 0.25) is 0 Å². The molecule has 0 saturated heterocycles. The predicted octanol–water partition coefficient (Wildman–Crippen LogP) is 1.32. The van der Waals surface area contributed by atoms with Crippen LogP contribution in [-0.4, -0.2) is 80.5 Å². The van der Waals surface area contributed by atoms with Crippen LogP contribution in [0.3, 0.4) is 0 Å². The van der Waals surface area contributed by atoms with Crippen LogP contribution in [0.15, 0.2) is 83.5 Å². The first-order chi connectivity index (χ1) is 26.7. The number of amides is 5. The largest absolute Gasteiger partial charge is 0.469 e. The highest BCUT2D eigenvalue weighted by Crippen LogP contribution is 2.24. The molecule has 3 aliphatic rings. The SMILES string of the molecule is NCCOCCNC(=O)[C@@H]1Cc2cccc(c2)CNC(=O)/C=C/C(=O)N[C@H]2CC[C@H](CC2)CN[C@@H](Cc2ccco2)C(=O)NCc2ccccc2CC(=O)N1. The fraction of sp³-hybridized carbons (Fsp3) is 0.439. The van der Waals surface area contributed by atoms with E-state index in [4.69, 9.17) is 14.9 Å². The average Bonchev–Trinajstić information content (AvgIpc) is 3.71. The van der Waals surface area contributed by atoms with Crippen LogP contribution in [-0.2, 0) is 61.1 Å². The smallest absolute Gasteiger partial charge is 0.244 e. The number of fused-ring (bicyclic) bond motifs is 16. The molecule has 14 heteroatoms. The zero-order chi connectivity index (χ0) is 38.8. The summed E-state index contributed by atoms with van der Waals surface area (Å²) in [4.78, 5) is 65.9. The lowest BCUT2D eigenvalue weighted by Crippen LogP contribution is -2.49. The van der Waals surface area contributed by atoms with Crippen LogP contribution < -0.4 is 37.6 Å². The number of rotatable bonds is 8. The Morgan fingerprint density at radius 2 is 1.62 bits per heavy atom. The van der Waals surface area contributed by atoms with Crippen LogP contribution in [0, 0.1) is 5.92 Å². The number of ether oxygens (including phenoxy) is 1. The second-order valence-corrected chi connectivity index (χ2v) is 14.0. The van der Waals surface area contributed by atoms with Crippen molar-refractivity contribution in [2.24, 2.45) is 11.7 Å². The molecule has 4 bridgehead atoms. The van der Waals surface area contributed by atoms with Crippen LogP contribution in [0.5, 0.6) is 0 Å². The second kappa shape index (κ2) is 21.5. The lowest BCUT2D eigenvalue weighted by Gasteiger charge is -2.30. The van der Waals surface area contributed by atoms with Gasteiger partial charge in [-0.05, 0) is 72.5 Å². The van der Waals surface area contributed by atoms with E-state index >= 15 is 0 Å². The number of nitrogens with one attached hydrogen (secondary N) is 6. The minimum absolute atomic E-state index is 0.000831. The second-order valence-electron chi connectivity index (χ2n) is 14.0. The molecule has 2 atom stereocenters. The topological polar surface area (TPSA) is 206 Å². The van der Waals surface area contributed by atoms with Crippen molar-refractivity contribution < 1.29 is 33.1 Å². The number of hydrogen-bond acceptors (Lipinski definition) is 9. The molecule has 3 heterocycles. The highest BCUT2D eigenvalue weighted by atomic mass is 16.5. The third-order valence-electron chi connectivity index (χ3n) is 9.81. The molecule has 14 nitrogen and oxygen atoms in total. The van der Waals surface area contributed by atoms with Crippen LogP contribution in [0.4, 0.5) is 0 Å². The Balaban J connectivity index is 1.34. The van der Waals surface area contributed by atoms with Crippen molar-refractivity contribution in [3.05, 3.63) is 107 Å². The summed E-state index contributed by atoms with van der Waals surface area (Å²) in [5.41, 5.74) is 8.56. The Hall–Kier alpha value is -5.31. The van der Waals surface area contributed by atoms with Gasteiger partial charge in [0.25, 0.3) is 0 Å². The Bertz CT molecular complexity index is 1750. The van der Waals surface area contributed by atoms with E-state index in [-0.39, 0.29) is 68.8 Å². The first-order valence-electron chi connectivity index (χ1n) is 19.0. The minimum Gasteiger partial charge on any atom is -0.469 e. The molecule has 55 heavy (non-hydrogen) atoms. The zero-order valence-corrected chi connectivity index (χ0v) is 31.1. The molecule has 294 valence electrons. The maximum atomic E-state index is 13.7. The molecule has 1 aliphatic carbocycles. The number of carbonyl (C=O) groups is 5. The first kappa shape index (κ1) is 40.9. The van der Waals surface area contributed by atoms with Crippen molar-refractivity contribution in [2.45, 2.75) is 76.2 Å². The van der Waals surface area contributed by atoms with Crippen molar-refractivity contribution >= 4 is 29.5 Å². The molecular formula is C41H53N7O7. The van der Waals surface area contributed by atoms with Gasteiger partial charge in [-0.1, -0.05) is 48.5 Å². The summed E-state index contributed by atoms with van der Waals surface area (Å²) in [6.07, 6.45) is 7.91. The maximum Gasteiger partial charge on any atom is 0.244 e. The third-order valence-corrected chi connectivity index (χ3v) is 9.81. The lowest BCUT2D eigenvalue weighted by atomic mass is 9.85. The van der Waals surface area contributed by atoms with Gasteiger partial charge in [0.15, 0.2) is 0 Å². The Labute approximate surface area is 321 Å². The number of benzene rings is 2. The Morgan fingerprint density at radius 3 is 2.40 bits per heavy atom. The van der Waals surface area contributed by atoms with Gasteiger partial charge < -0.3 is 46.8 Å². The monoisotopic (exact) mass is 755 g/mol. The minimum atomic E-state index is -0.911. The van der Waals surface area contributed by atoms with E-state index in [1.807, 2.05) is 54.6 Å². The number of hydrogen-bond donors (Lipinski definition) is 7. The molecule has 1 saturated carbocycles. The quantitative estimate of drug-likeness (QED) is 0.165. The maximum absolute atomic E-state index is 13.7. The van der Waals surface area contributed by atoms with Crippen molar-refractivity contribution in [1.82, 2.24) is 31.9 Å². The molecule has 3 aromatic rings. The van der Waals surface area contributed by atoms with Crippen molar-refractivity contribution in [1.29, 1.82) is 0 Å². The van der Waals surface area contributed by atoms with Crippen LogP contribution in [0.25, 0.3) is 0 Å². The van der Waals surface area contributed by atoms with E-state index in [2.05, 4.69) is 31.9 Å². The summed E-state index contributed by atoms with van der Waals surface area (Å²) in [5.74, 6) is -0.674. The van der Waals surface area contributed by atoms with E-state index in [9.17, 15) is 24.0 Å². The third kappa shape index (κ3) is 13.8. The molecule has 0 unspecified atom stereocenters. The Kier molecular flexibility index (Phi) is 16.0. The Morgan fingerprint density at radius 1 is 0.836 bits per heavy atom. The highest BCUT2D eigenvalue weighted by molar-refractivity contribution is 5.96. The summed E-state index contributed by atoms with van der Waals surface area (Å²) in [7, 11) is 0. The predicted molar refractivity (Wildman–Crippen MR) is 206 cm³/mol. The normalized spacial score (nSPS) is 22.6. The first-order valence-corrected chi connectivity index (χ1v) is 19.0. The molecule has 2 aromatic carbocycles. The molecule has 2 aliphatic heterocycles. The fourth-order valence-electron chi connectivity index (χ4n) is 6.85. The van der Waals surface area contributed by atoms with Gasteiger partial charge in [0.05, 0.1) is 31.9 Å². The van der Waals surface area contributed by atoms with E-state index in [0.29, 0.717) is 37.8 Å². The van der Waals surface area contributed by atoms with Gasteiger partial charge in [-0.25, -0.2) is 0 Å². The van der Waals surface area contributed by atoms with Gasteiger partial charge in [0, 0.05) is 57.2 Å². The summed E-state index contributed by atoms with van der Waals surface area (Å²) < 4.78 is 11.0. The standard InChI is InChI=1S/C41H53N7O7/c42-16-19-54-20-17-43-41(53)36-22-29-5-3-6-30(21-29)26-45-37(49)14-15-38(50)47-33-12-10-28(11-13-33)25-44-35(24-34-9-4-18-55-34)40(52)46-27-32-8-2-1-7-31(32)23-39(51)48-36/h1-9,14-15,18,21,28,33,35-36,44H,10-13,16-17,19-20,22-27,42H2,(H,43,53)(H,45,49)(H,46,52)(H,47,50)(H,48,51)/b15-14+/t28-,33+,35-,36-/m0/s1. The van der Waals surface area contributed by atoms with Crippen molar-refractivity contribution in [2.75, 3.05) is 32.8 Å². The van der Waals surface area contributed by atoms with Gasteiger partial charge in [-0.15, -0.1) is 0 Å². The van der Waals surface area contributed by atoms with Crippen LogP contribution >= 0.6 is 0 Å². The fourth-order valence-corrected chi connectivity index (χ4v) is 6.85. The molecule has 6 rings (SSSR count). The summed E-state index contributed by atoms with van der Waals surface area (Å²) in [5, 5.41) is 18.1. The van der Waals surface area contributed by atoms with E-state index < -0.39 is 18.0 Å². The lowest BCUT2D eigenvalue weighted by molar-refractivity contribution is -0.128. The van der Waals surface area contributed by atoms with Gasteiger partial charge in [0.1, 0.15) is 11.8 Å². The average molecular weight is 756 g/mol. The van der Waals surface area contributed by atoms with Crippen molar-refractivity contribution in [3.8, 4) is 0 Å². The molecule has 0 spiro atoms. The van der Waals surface area contributed by atoms with E-state index in [1.54, 1.807) is 12.3 Å². The van der Waals surface area contributed by atoms with Gasteiger partial charge in [-0.3, -0.25) is 24.0 Å². The van der Waals surface area contributed by atoms with Gasteiger partial charge in [-0.2, -0.15) is 0 Å². The molecule has 8 N–H and O–H groups in total. The van der Waals surface area contributed by atoms with Gasteiger partial charge >= 0.3 is 0 Å². The van der Waals surface area contributed by atoms with Gasteiger partial charge in [0.2, 0.25) is 29.5 Å². The molecular weight excluding hydrogens is 702 g/mol. The number of nitrogens with two attached hydrogens (primary N) is 1. The molecule has 1 fully saturated rings. The van der Waals surface area contributed by atoms with E-state index in [1.165, 1.54) is 12.2 Å². The highest BCUT2D eigenvalue weighted by Gasteiger charge is 2.26. The van der Waals surface area contributed by atoms with Crippen LogP contribution in [0.1, 0.15) is 53.7 Å². The molecule has 0 radical (unpaired) electrons. The number of furan rings is 1. The summed E-state index contributed by atoms with van der Waals surface area (Å²) in [6, 6.07) is 16.9. The molecule has 1 aromatic heterocycles. The summed E-state index contributed by atoms with van der Waals surface area (Å²) >= 11 is 0. The summed E-state index contributed by atoms with van der Waals surface area (Å²) in [6.45, 7) is 2.26. The molecule has 5 amide bonds. The van der Waals surface area contributed by atoms with E-state index in [0.717, 1.165) is 47.9 Å². The van der Waals surface area contributed by atoms with Crippen molar-refractivity contribution in [3.63, 3.8) is 0 Å².